The monoisotopic (exact) mass is 422 g/mol. The highest BCUT2D eigenvalue weighted by Gasteiger charge is 2.30. The van der Waals surface area contributed by atoms with Crippen LogP contribution in [0, 0.1) is 0 Å². The van der Waals surface area contributed by atoms with E-state index in [0.717, 1.165) is 17.8 Å². The summed E-state index contributed by atoms with van der Waals surface area (Å²) in [5, 5.41) is 0. The molecule has 3 rings (SSSR count). The van der Waals surface area contributed by atoms with Gasteiger partial charge in [-0.3, -0.25) is 9.71 Å². The van der Waals surface area contributed by atoms with E-state index in [0.29, 0.717) is 23.4 Å². The molecule has 0 fully saturated rings. The maximum atomic E-state index is 12.7. The number of hydrogen-bond donors (Lipinski definition) is 1. The van der Waals surface area contributed by atoms with Crippen molar-refractivity contribution in [3.63, 3.8) is 0 Å². The number of rotatable bonds is 5. The van der Waals surface area contributed by atoms with Crippen molar-refractivity contribution in [3.05, 3.63) is 66.5 Å². The Labute approximate surface area is 166 Å². The van der Waals surface area contributed by atoms with Crippen molar-refractivity contribution in [1.29, 1.82) is 0 Å². The highest BCUT2D eigenvalue weighted by Crippen LogP contribution is 2.31. The van der Waals surface area contributed by atoms with Crippen LogP contribution in [-0.4, -0.2) is 32.5 Å². The molecule has 0 aliphatic carbocycles. The fourth-order valence-corrected chi connectivity index (χ4v) is 3.57. The van der Waals surface area contributed by atoms with Crippen molar-refractivity contribution in [2.45, 2.75) is 11.1 Å². The third-order valence-electron chi connectivity index (χ3n) is 4.08. The van der Waals surface area contributed by atoms with Crippen LogP contribution in [0.1, 0.15) is 5.56 Å². The molecule has 10 heteroatoms. The number of nitrogens with one attached hydrogen (secondary N) is 1. The zero-order valence-corrected chi connectivity index (χ0v) is 16.3. The Morgan fingerprint density at radius 3 is 2.03 bits per heavy atom. The van der Waals surface area contributed by atoms with Gasteiger partial charge in [0, 0.05) is 37.7 Å². The second kappa shape index (κ2) is 7.70. The SMILES string of the molecule is CN(C)c1ccc(-c2nccnc2NS(=O)(=O)c2ccc(C(F)(F)F)cc2)cc1. The standard InChI is InChI=1S/C19H17F3N4O2S/c1-26(2)15-7-3-13(4-8-15)17-18(24-12-11-23-17)25-29(27,28)16-9-5-14(6-10-16)19(20,21)22/h3-12H,1-2H3,(H,24,25). The lowest BCUT2D eigenvalue weighted by Gasteiger charge is -2.14. The Kier molecular flexibility index (Phi) is 5.47. The van der Waals surface area contributed by atoms with E-state index < -0.39 is 21.8 Å². The molecule has 152 valence electrons. The van der Waals surface area contributed by atoms with Gasteiger partial charge in [-0.2, -0.15) is 13.2 Å². The van der Waals surface area contributed by atoms with Gasteiger partial charge < -0.3 is 4.90 Å². The molecular formula is C19H17F3N4O2S. The third kappa shape index (κ3) is 4.65. The number of anilines is 2. The summed E-state index contributed by atoms with van der Waals surface area (Å²) in [6, 6.07) is 10.5. The van der Waals surface area contributed by atoms with Crippen LogP contribution >= 0.6 is 0 Å². The fourth-order valence-electron chi connectivity index (χ4n) is 2.55. The van der Waals surface area contributed by atoms with Crippen LogP contribution in [0.4, 0.5) is 24.7 Å². The Hall–Kier alpha value is -3.14. The Morgan fingerprint density at radius 2 is 1.48 bits per heavy atom. The quantitative estimate of drug-likeness (QED) is 0.672. The summed E-state index contributed by atoms with van der Waals surface area (Å²) < 4.78 is 65.6. The molecule has 1 aromatic heterocycles. The number of alkyl halides is 3. The number of nitrogens with zero attached hydrogens (tertiary/aromatic N) is 3. The van der Waals surface area contributed by atoms with Gasteiger partial charge >= 0.3 is 6.18 Å². The van der Waals surface area contributed by atoms with Gasteiger partial charge in [-0.15, -0.1) is 0 Å². The molecule has 3 aromatic rings. The van der Waals surface area contributed by atoms with Crippen molar-refractivity contribution in [1.82, 2.24) is 9.97 Å². The van der Waals surface area contributed by atoms with Crippen LogP contribution in [0.3, 0.4) is 0 Å². The molecule has 1 N–H and O–H groups in total. The summed E-state index contributed by atoms with van der Waals surface area (Å²) in [5.74, 6) is -0.0231. The second-order valence-electron chi connectivity index (χ2n) is 6.32. The first-order valence-electron chi connectivity index (χ1n) is 8.37. The summed E-state index contributed by atoms with van der Waals surface area (Å²) in [5.41, 5.74) is 0.948. The van der Waals surface area contributed by atoms with Crippen molar-refractivity contribution in [3.8, 4) is 11.3 Å². The lowest BCUT2D eigenvalue weighted by atomic mass is 10.1. The van der Waals surface area contributed by atoms with E-state index in [9.17, 15) is 21.6 Å². The van der Waals surface area contributed by atoms with Crippen LogP contribution < -0.4 is 9.62 Å². The highest BCUT2D eigenvalue weighted by atomic mass is 32.2. The summed E-state index contributed by atoms with van der Waals surface area (Å²) in [4.78, 5) is 9.83. The minimum absolute atomic E-state index is 0.0231. The van der Waals surface area contributed by atoms with Crippen molar-refractivity contribution in [2.75, 3.05) is 23.7 Å². The predicted octanol–water partition coefficient (Wildman–Crippen LogP) is 4.03. The molecule has 0 aliphatic rings. The van der Waals surface area contributed by atoms with Crippen molar-refractivity contribution in [2.24, 2.45) is 0 Å². The van der Waals surface area contributed by atoms with Crippen LogP contribution in [0.25, 0.3) is 11.3 Å². The van der Waals surface area contributed by atoms with E-state index in [-0.39, 0.29) is 10.7 Å². The average Bonchev–Trinajstić information content (AvgIpc) is 2.68. The van der Waals surface area contributed by atoms with Gasteiger partial charge in [0.2, 0.25) is 0 Å². The number of benzene rings is 2. The molecule has 0 radical (unpaired) electrons. The lowest BCUT2D eigenvalue weighted by molar-refractivity contribution is -0.137. The van der Waals surface area contributed by atoms with Crippen molar-refractivity contribution < 1.29 is 21.6 Å². The number of halogens is 3. The molecule has 1 heterocycles. The average molecular weight is 422 g/mol. The first-order valence-corrected chi connectivity index (χ1v) is 9.85. The lowest BCUT2D eigenvalue weighted by Crippen LogP contribution is -2.15. The molecule has 29 heavy (non-hydrogen) atoms. The zero-order valence-electron chi connectivity index (χ0n) is 15.5. The molecule has 0 saturated carbocycles. The van der Waals surface area contributed by atoms with Gasteiger partial charge in [-0.05, 0) is 36.4 Å². The Balaban J connectivity index is 1.92. The van der Waals surface area contributed by atoms with E-state index >= 15 is 0 Å². The number of aromatic nitrogens is 2. The third-order valence-corrected chi connectivity index (χ3v) is 5.43. The molecular weight excluding hydrogens is 405 g/mol. The Morgan fingerprint density at radius 1 is 0.897 bits per heavy atom. The molecule has 0 saturated heterocycles. The molecule has 0 amide bonds. The zero-order chi connectivity index (χ0) is 21.2. The van der Waals surface area contributed by atoms with E-state index in [1.54, 1.807) is 12.1 Å². The topological polar surface area (TPSA) is 75.2 Å². The van der Waals surface area contributed by atoms with E-state index in [1.807, 2.05) is 31.1 Å². The maximum Gasteiger partial charge on any atom is 0.416 e. The Bertz CT molecular complexity index is 1100. The fraction of sp³-hybridized carbons (Fsp3) is 0.158. The van der Waals surface area contributed by atoms with Crippen LogP contribution in [-0.2, 0) is 16.2 Å². The number of hydrogen-bond acceptors (Lipinski definition) is 5. The van der Waals surface area contributed by atoms with Gasteiger partial charge in [0.25, 0.3) is 10.0 Å². The van der Waals surface area contributed by atoms with E-state index in [4.69, 9.17) is 0 Å². The molecule has 0 aliphatic heterocycles. The largest absolute Gasteiger partial charge is 0.416 e. The predicted molar refractivity (Wildman–Crippen MR) is 104 cm³/mol. The smallest absolute Gasteiger partial charge is 0.378 e. The van der Waals surface area contributed by atoms with Gasteiger partial charge in [-0.25, -0.2) is 13.4 Å². The molecule has 0 bridgehead atoms. The maximum absolute atomic E-state index is 12.7. The summed E-state index contributed by atoms with van der Waals surface area (Å²) in [7, 11) is -0.376. The first-order chi connectivity index (χ1) is 13.6. The van der Waals surface area contributed by atoms with E-state index in [2.05, 4.69) is 14.7 Å². The molecule has 0 atom stereocenters. The number of sulfonamides is 1. The van der Waals surface area contributed by atoms with Crippen LogP contribution in [0.15, 0.2) is 65.8 Å². The normalized spacial score (nSPS) is 11.9. The van der Waals surface area contributed by atoms with Crippen molar-refractivity contribution >= 4 is 21.5 Å². The summed E-state index contributed by atoms with van der Waals surface area (Å²) in [6.45, 7) is 0. The highest BCUT2D eigenvalue weighted by molar-refractivity contribution is 7.92. The van der Waals surface area contributed by atoms with Gasteiger partial charge in [-0.1, -0.05) is 12.1 Å². The van der Waals surface area contributed by atoms with Crippen LogP contribution in [0.2, 0.25) is 0 Å². The second-order valence-corrected chi connectivity index (χ2v) is 8.00. The summed E-state index contributed by atoms with van der Waals surface area (Å²) in [6.07, 6.45) is -1.81. The van der Waals surface area contributed by atoms with E-state index in [1.165, 1.54) is 12.4 Å². The van der Waals surface area contributed by atoms with Gasteiger partial charge in [0.15, 0.2) is 5.82 Å². The van der Waals surface area contributed by atoms with Crippen LogP contribution in [0.5, 0.6) is 0 Å². The van der Waals surface area contributed by atoms with Gasteiger partial charge in [0.05, 0.1) is 10.5 Å². The van der Waals surface area contributed by atoms with Gasteiger partial charge in [0.1, 0.15) is 5.69 Å². The minimum atomic E-state index is -4.55. The first kappa shape index (κ1) is 20.6. The summed E-state index contributed by atoms with van der Waals surface area (Å²) >= 11 is 0. The molecule has 2 aromatic carbocycles. The molecule has 6 nitrogen and oxygen atoms in total. The molecule has 0 spiro atoms. The minimum Gasteiger partial charge on any atom is -0.378 e. The molecule has 0 unspecified atom stereocenters.